The van der Waals surface area contributed by atoms with E-state index in [1.54, 1.807) is 0 Å². The molecule has 6 nitrogen and oxygen atoms in total. The van der Waals surface area contributed by atoms with Crippen molar-refractivity contribution in [1.29, 1.82) is 0 Å². The Balaban J connectivity index is 4.18. The van der Waals surface area contributed by atoms with Gasteiger partial charge in [-0.1, -0.05) is 326 Å². The quantitative estimate of drug-likeness (QED) is 0.0261. The van der Waals surface area contributed by atoms with E-state index in [4.69, 9.17) is 14.2 Å². The lowest BCUT2D eigenvalue weighted by molar-refractivity contribution is -0.167. The first kappa shape index (κ1) is 76.4. The van der Waals surface area contributed by atoms with Crippen LogP contribution in [0.5, 0.6) is 0 Å². The number of carbonyl (C=O) groups excluding carboxylic acids is 3. The maximum Gasteiger partial charge on any atom is 0.306 e. The molecule has 1 atom stereocenters. The van der Waals surface area contributed by atoms with Crippen LogP contribution in [0.1, 0.15) is 380 Å². The molecule has 79 heavy (non-hydrogen) atoms. The van der Waals surface area contributed by atoms with E-state index >= 15 is 0 Å². The van der Waals surface area contributed by atoms with Gasteiger partial charge < -0.3 is 14.2 Å². The van der Waals surface area contributed by atoms with Crippen LogP contribution in [-0.2, 0) is 28.6 Å². The van der Waals surface area contributed by atoms with Crippen LogP contribution >= 0.6 is 0 Å². The minimum atomic E-state index is -0.775. The minimum absolute atomic E-state index is 0.0709. The fourth-order valence-corrected chi connectivity index (χ4v) is 10.5. The van der Waals surface area contributed by atoms with E-state index in [0.717, 1.165) is 77.0 Å². The Labute approximate surface area is 492 Å². The zero-order valence-corrected chi connectivity index (χ0v) is 53.2. The molecule has 0 fully saturated rings. The largest absolute Gasteiger partial charge is 0.462 e. The summed E-state index contributed by atoms with van der Waals surface area (Å²) in [4.78, 5) is 38.4. The first-order valence-corrected chi connectivity index (χ1v) is 35.1. The fraction of sp³-hybridized carbons (Fsp3) is 0.849. The van der Waals surface area contributed by atoms with Gasteiger partial charge in [0.2, 0.25) is 0 Å². The van der Waals surface area contributed by atoms with Gasteiger partial charge in [-0.15, -0.1) is 0 Å². The van der Waals surface area contributed by atoms with Gasteiger partial charge >= 0.3 is 17.9 Å². The first-order chi connectivity index (χ1) is 39.0. The fourth-order valence-electron chi connectivity index (χ4n) is 10.5. The van der Waals surface area contributed by atoms with Gasteiger partial charge in [0.25, 0.3) is 0 Å². The van der Waals surface area contributed by atoms with Gasteiger partial charge in [0, 0.05) is 19.3 Å². The van der Waals surface area contributed by atoms with Gasteiger partial charge in [-0.3, -0.25) is 14.4 Å². The molecule has 0 spiro atoms. The maximum absolute atomic E-state index is 12.9. The predicted octanol–water partition coefficient (Wildman–Crippen LogP) is 24.1. The molecule has 0 saturated carbocycles. The number of unbranched alkanes of at least 4 members (excludes halogenated alkanes) is 46. The van der Waals surface area contributed by atoms with Crippen LogP contribution in [0.3, 0.4) is 0 Å². The summed E-state index contributed by atoms with van der Waals surface area (Å²) >= 11 is 0. The van der Waals surface area contributed by atoms with E-state index in [-0.39, 0.29) is 31.1 Å². The topological polar surface area (TPSA) is 78.9 Å². The van der Waals surface area contributed by atoms with Crippen molar-refractivity contribution < 1.29 is 28.6 Å². The van der Waals surface area contributed by atoms with Gasteiger partial charge in [-0.05, 0) is 83.5 Å². The standard InChI is InChI=1S/C73H134O6/c1-4-7-10-13-16-19-22-25-28-30-31-32-33-34-35-36-37-38-39-40-41-42-43-44-46-48-51-54-57-60-63-66-72(75)78-69-70(68-77-71(74)65-62-59-56-53-50-47-27-24-21-18-15-12-9-6-3)79-73(76)67-64-61-58-55-52-49-45-29-26-23-20-17-14-11-8-5-2/h22,25,29-31,33-34,45,70H,4-21,23-24,26-28,32,35-44,46-69H2,1-3H3/b25-22-,31-30-,34-33-,45-29-. The molecule has 0 N–H and O–H groups in total. The van der Waals surface area contributed by atoms with Crippen molar-refractivity contribution in [2.75, 3.05) is 13.2 Å². The molecule has 0 aromatic carbocycles. The zero-order chi connectivity index (χ0) is 57.1. The van der Waals surface area contributed by atoms with Crippen LogP contribution in [0.4, 0.5) is 0 Å². The summed E-state index contributed by atoms with van der Waals surface area (Å²) < 4.78 is 17.0. The number of ether oxygens (including phenoxy) is 3. The van der Waals surface area contributed by atoms with Gasteiger partial charge in [0.05, 0.1) is 0 Å². The molecule has 0 heterocycles. The molecule has 1 unspecified atom stereocenters. The zero-order valence-electron chi connectivity index (χ0n) is 53.2. The lowest BCUT2D eigenvalue weighted by Gasteiger charge is -2.18. The molecular formula is C73H134O6. The van der Waals surface area contributed by atoms with Crippen molar-refractivity contribution in [3.63, 3.8) is 0 Å². The summed E-state index contributed by atoms with van der Waals surface area (Å²) in [7, 11) is 0. The van der Waals surface area contributed by atoms with Crippen LogP contribution in [0, 0.1) is 0 Å². The highest BCUT2D eigenvalue weighted by Gasteiger charge is 2.19. The lowest BCUT2D eigenvalue weighted by Crippen LogP contribution is -2.30. The van der Waals surface area contributed by atoms with Crippen LogP contribution < -0.4 is 0 Å². The third kappa shape index (κ3) is 66.1. The average molecular weight is 1110 g/mol. The van der Waals surface area contributed by atoms with E-state index in [2.05, 4.69) is 69.4 Å². The van der Waals surface area contributed by atoms with Crippen molar-refractivity contribution >= 4 is 17.9 Å². The second-order valence-corrected chi connectivity index (χ2v) is 23.8. The number of hydrogen-bond donors (Lipinski definition) is 0. The van der Waals surface area contributed by atoms with Crippen molar-refractivity contribution in [3.05, 3.63) is 48.6 Å². The first-order valence-electron chi connectivity index (χ1n) is 35.1. The van der Waals surface area contributed by atoms with Crippen molar-refractivity contribution in [1.82, 2.24) is 0 Å². The molecule has 0 amide bonds. The number of rotatable bonds is 65. The monoisotopic (exact) mass is 1110 g/mol. The third-order valence-electron chi connectivity index (χ3n) is 15.8. The molecule has 0 aliphatic rings. The van der Waals surface area contributed by atoms with Gasteiger partial charge in [0.15, 0.2) is 6.10 Å². The van der Waals surface area contributed by atoms with E-state index in [1.807, 2.05) is 0 Å². The summed E-state index contributed by atoms with van der Waals surface area (Å²) in [6.45, 7) is 6.68. The van der Waals surface area contributed by atoms with Gasteiger partial charge in [-0.2, -0.15) is 0 Å². The molecule has 0 aliphatic heterocycles. The molecule has 0 rings (SSSR count). The van der Waals surface area contributed by atoms with Crippen molar-refractivity contribution in [2.45, 2.75) is 386 Å². The SMILES string of the molecule is CCCCCCC/C=C\C/C=C\C/C=C\CCCCCCCCCCCCCCCCCCC(=O)OCC(COC(=O)CCCCCCCCCCCCCCCC)OC(=O)CCCCCCC/C=C\CCCCCCCCC. The molecule has 0 aromatic heterocycles. The highest BCUT2D eigenvalue weighted by molar-refractivity contribution is 5.71. The van der Waals surface area contributed by atoms with Gasteiger partial charge in [-0.25, -0.2) is 0 Å². The molecule has 462 valence electrons. The second-order valence-electron chi connectivity index (χ2n) is 23.8. The van der Waals surface area contributed by atoms with Crippen molar-refractivity contribution in [3.8, 4) is 0 Å². The van der Waals surface area contributed by atoms with Gasteiger partial charge in [0.1, 0.15) is 13.2 Å². The molecular weight excluding hydrogens is 973 g/mol. The van der Waals surface area contributed by atoms with E-state index in [0.29, 0.717) is 19.3 Å². The summed E-state index contributed by atoms with van der Waals surface area (Å²) in [6.07, 6.45) is 85.7. The van der Waals surface area contributed by atoms with E-state index in [1.165, 1.54) is 263 Å². The van der Waals surface area contributed by atoms with Crippen LogP contribution in [0.15, 0.2) is 48.6 Å². The average Bonchev–Trinajstić information content (AvgIpc) is 3.45. The molecule has 0 aromatic rings. The predicted molar refractivity (Wildman–Crippen MR) is 344 cm³/mol. The molecule has 0 saturated heterocycles. The Hall–Kier alpha value is -2.63. The summed E-state index contributed by atoms with van der Waals surface area (Å²) in [5.74, 6) is -0.854. The smallest absolute Gasteiger partial charge is 0.306 e. The maximum atomic E-state index is 12.9. The highest BCUT2D eigenvalue weighted by atomic mass is 16.6. The Morgan fingerprint density at radius 3 is 0.722 bits per heavy atom. The summed E-state index contributed by atoms with van der Waals surface area (Å²) in [6, 6.07) is 0. The normalized spacial score (nSPS) is 12.3. The molecule has 6 heteroatoms. The Kier molecular flexibility index (Phi) is 65.6. The third-order valence-corrected chi connectivity index (χ3v) is 15.8. The number of carbonyl (C=O) groups is 3. The van der Waals surface area contributed by atoms with E-state index in [9.17, 15) is 14.4 Å². The molecule has 0 radical (unpaired) electrons. The summed E-state index contributed by atoms with van der Waals surface area (Å²) in [5, 5.41) is 0. The Morgan fingerprint density at radius 2 is 0.456 bits per heavy atom. The lowest BCUT2D eigenvalue weighted by atomic mass is 10.0. The van der Waals surface area contributed by atoms with Crippen molar-refractivity contribution in [2.24, 2.45) is 0 Å². The number of esters is 3. The minimum Gasteiger partial charge on any atom is -0.462 e. The number of allylic oxidation sites excluding steroid dienone is 8. The number of hydrogen-bond acceptors (Lipinski definition) is 6. The summed E-state index contributed by atoms with van der Waals surface area (Å²) in [5.41, 5.74) is 0. The molecule has 0 bridgehead atoms. The second kappa shape index (κ2) is 67.9. The molecule has 0 aliphatic carbocycles. The van der Waals surface area contributed by atoms with E-state index < -0.39 is 6.10 Å². The Bertz CT molecular complexity index is 1360. The van der Waals surface area contributed by atoms with Crippen LogP contribution in [0.25, 0.3) is 0 Å². The Morgan fingerprint density at radius 1 is 0.253 bits per heavy atom. The van der Waals surface area contributed by atoms with Crippen LogP contribution in [-0.4, -0.2) is 37.2 Å². The highest BCUT2D eigenvalue weighted by Crippen LogP contribution is 2.18. The van der Waals surface area contributed by atoms with Crippen LogP contribution in [0.2, 0.25) is 0 Å².